The zero-order chi connectivity index (χ0) is 25.1. The molecule has 3 aromatic carbocycles. The molecule has 0 atom stereocenters. The zero-order valence-corrected chi connectivity index (χ0v) is 19.0. The van der Waals surface area contributed by atoms with Gasteiger partial charge >= 0.3 is 11.7 Å². The second-order valence-electron chi connectivity index (χ2n) is 7.96. The first-order chi connectivity index (χ1) is 17.5. The van der Waals surface area contributed by atoms with Crippen molar-refractivity contribution in [1.29, 1.82) is 0 Å². The molecule has 5 rings (SSSR count). The van der Waals surface area contributed by atoms with Gasteiger partial charge in [-0.3, -0.25) is 23.6 Å². The molecule has 0 spiro atoms. The number of hydrogen-bond acceptors (Lipinski definition) is 5. The number of imidazole rings is 1. The Morgan fingerprint density at radius 3 is 1.97 bits per heavy atom. The lowest BCUT2D eigenvalue weighted by Crippen LogP contribution is -2.38. The molecule has 10 nitrogen and oxygen atoms in total. The van der Waals surface area contributed by atoms with E-state index in [4.69, 9.17) is 4.74 Å². The number of hydrogen-bond donors (Lipinski definition) is 2. The first-order valence-electron chi connectivity index (χ1n) is 11.1. The Kier molecular flexibility index (Phi) is 6.06. The van der Waals surface area contributed by atoms with E-state index in [0.717, 1.165) is 10.6 Å². The summed E-state index contributed by atoms with van der Waals surface area (Å²) in [5.74, 6) is 0.428. The summed E-state index contributed by atoms with van der Waals surface area (Å²) in [7, 11) is 0. The summed E-state index contributed by atoms with van der Waals surface area (Å²) in [5.41, 5.74) is 1.50. The van der Waals surface area contributed by atoms with Crippen LogP contribution in [-0.2, 0) is 9.59 Å². The molecule has 1 aliphatic heterocycles. The van der Waals surface area contributed by atoms with Gasteiger partial charge in [0.2, 0.25) is 5.91 Å². The molecule has 0 unspecified atom stereocenters. The van der Waals surface area contributed by atoms with Crippen molar-refractivity contribution < 1.29 is 19.1 Å². The van der Waals surface area contributed by atoms with Crippen LogP contribution in [0.25, 0.3) is 11.4 Å². The summed E-state index contributed by atoms with van der Waals surface area (Å²) in [5, 5.41) is 5.00. The van der Waals surface area contributed by atoms with E-state index in [1.165, 1.54) is 9.13 Å². The van der Waals surface area contributed by atoms with Crippen molar-refractivity contribution in [1.82, 2.24) is 19.4 Å². The Hall–Kier alpha value is -5.12. The van der Waals surface area contributed by atoms with Crippen LogP contribution in [-0.4, -0.2) is 45.0 Å². The van der Waals surface area contributed by atoms with Crippen LogP contribution in [0.2, 0.25) is 0 Å². The number of benzene rings is 3. The van der Waals surface area contributed by atoms with Gasteiger partial charge < -0.3 is 15.4 Å². The molecule has 0 radical (unpaired) electrons. The summed E-state index contributed by atoms with van der Waals surface area (Å²) in [6.45, 7) is -0.481. The number of carbonyl (C=O) groups excluding carboxylic acids is 3. The number of aromatic nitrogens is 2. The maximum atomic E-state index is 13.0. The van der Waals surface area contributed by atoms with Gasteiger partial charge in [0, 0.05) is 18.1 Å². The van der Waals surface area contributed by atoms with Crippen LogP contribution in [0.3, 0.4) is 0 Å². The van der Waals surface area contributed by atoms with Crippen LogP contribution in [0.5, 0.6) is 11.5 Å². The third kappa shape index (κ3) is 4.73. The Bertz CT molecular complexity index is 1460. The highest BCUT2D eigenvalue weighted by atomic mass is 16.5. The third-order valence-electron chi connectivity index (χ3n) is 5.54. The number of ether oxygens (including phenoxy) is 1. The van der Waals surface area contributed by atoms with Gasteiger partial charge in [-0.05, 0) is 60.7 Å². The molecule has 1 saturated heterocycles. The Labute approximate surface area is 205 Å². The molecule has 0 aliphatic carbocycles. The monoisotopic (exact) mass is 483 g/mol. The predicted octanol–water partition coefficient (Wildman–Crippen LogP) is 2.91. The molecular formula is C26H21N5O5. The number of urea groups is 1. The summed E-state index contributed by atoms with van der Waals surface area (Å²) in [6, 6.07) is 22.7. The van der Waals surface area contributed by atoms with E-state index in [1.54, 1.807) is 60.9 Å². The third-order valence-corrected chi connectivity index (χ3v) is 5.54. The minimum absolute atomic E-state index is 0.110. The van der Waals surface area contributed by atoms with Crippen molar-refractivity contribution in [2.75, 3.05) is 18.4 Å². The average Bonchev–Trinajstić information content (AvgIpc) is 3.42. The van der Waals surface area contributed by atoms with E-state index in [0.29, 0.717) is 22.8 Å². The van der Waals surface area contributed by atoms with Crippen LogP contribution in [0, 0.1) is 0 Å². The number of nitrogens with zero attached hydrogens (tertiary/aromatic N) is 3. The molecule has 1 aromatic heterocycles. The lowest BCUT2D eigenvalue weighted by Gasteiger charge is -2.12. The fourth-order valence-electron chi connectivity index (χ4n) is 3.73. The quantitative estimate of drug-likeness (QED) is 0.392. The van der Waals surface area contributed by atoms with E-state index in [1.807, 2.05) is 30.3 Å². The molecule has 36 heavy (non-hydrogen) atoms. The summed E-state index contributed by atoms with van der Waals surface area (Å²) in [4.78, 5) is 49.3. The number of carbonyl (C=O) groups is 3. The van der Waals surface area contributed by atoms with E-state index in [9.17, 15) is 19.2 Å². The molecule has 10 heteroatoms. The topological polar surface area (TPSA) is 115 Å². The van der Waals surface area contributed by atoms with Crippen molar-refractivity contribution in [3.05, 3.63) is 102 Å². The SMILES string of the molecule is O=C(CN1C(=O)CNC1=O)Nc1ccc(-n2ccn(-c3ccc(Oc4ccccc4)cc3)c2=O)cc1. The highest BCUT2D eigenvalue weighted by molar-refractivity contribution is 6.06. The maximum Gasteiger partial charge on any atom is 0.337 e. The van der Waals surface area contributed by atoms with Crippen LogP contribution in [0.15, 0.2) is 96.1 Å². The van der Waals surface area contributed by atoms with E-state index in [-0.39, 0.29) is 18.8 Å². The van der Waals surface area contributed by atoms with Gasteiger partial charge in [0.25, 0.3) is 5.91 Å². The largest absolute Gasteiger partial charge is 0.457 e. The van der Waals surface area contributed by atoms with Crippen molar-refractivity contribution in [2.24, 2.45) is 0 Å². The number of anilines is 1. The number of imide groups is 1. The fraction of sp³-hybridized carbons (Fsp3) is 0.0769. The van der Waals surface area contributed by atoms with Crippen molar-refractivity contribution in [3.8, 4) is 22.9 Å². The Balaban J connectivity index is 1.26. The molecule has 0 bridgehead atoms. The fourth-order valence-corrected chi connectivity index (χ4v) is 3.73. The summed E-state index contributed by atoms with van der Waals surface area (Å²) in [6.07, 6.45) is 3.32. The van der Waals surface area contributed by atoms with Crippen LogP contribution < -0.4 is 21.1 Å². The van der Waals surface area contributed by atoms with Gasteiger partial charge in [-0.15, -0.1) is 0 Å². The van der Waals surface area contributed by atoms with Gasteiger partial charge in [0.15, 0.2) is 0 Å². The highest BCUT2D eigenvalue weighted by Gasteiger charge is 2.30. The van der Waals surface area contributed by atoms with Crippen molar-refractivity contribution in [2.45, 2.75) is 0 Å². The minimum atomic E-state index is -0.590. The number of amides is 4. The molecular weight excluding hydrogens is 462 g/mol. The van der Waals surface area contributed by atoms with Gasteiger partial charge in [-0.25, -0.2) is 9.59 Å². The molecule has 1 fully saturated rings. The second-order valence-corrected chi connectivity index (χ2v) is 7.96. The van der Waals surface area contributed by atoms with Crippen LogP contribution >= 0.6 is 0 Å². The van der Waals surface area contributed by atoms with E-state index in [2.05, 4.69) is 10.6 Å². The normalized spacial score (nSPS) is 12.9. The predicted molar refractivity (Wildman–Crippen MR) is 132 cm³/mol. The highest BCUT2D eigenvalue weighted by Crippen LogP contribution is 2.22. The lowest BCUT2D eigenvalue weighted by molar-refractivity contribution is -0.128. The van der Waals surface area contributed by atoms with E-state index < -0.39 is 17.8 Å². The van der Waals surface area contributed by atoms with E-state index >= 15 is 0 Å². The van der Waals surface area contributed by atoms with Crippen LogP contribution in [0.4, 0.5) is 10.5 Å². The van der Waals surface area contributed by atoms with Gasteiger partial charge in [0.1, 0.15) is 18.0 Å². The summed E-state index contributed by atoms with van der Waals surface area (Å²) >= 11 is 0. The van der Waals surface area contributed by atoms with Crippen LogP contribution in [0.1, 0.15) is 0 Å². The standard InChI is InChI=1S/C26H21N5O5/c32-23(17-31-24(33)16-27-25(31)34)28-18-6-8-19(9-7-18)29-14-15-30(26(29)35)20-10-12-22(13-11-20)36-21-4-2-1-3-5-21/h1-15H,16-17H2,(H,27,34)(H,28,32). The smallest absolute Gasteiger partial charge is 0.337 e. The molecule has 4 amide bonds. The number of para-hydroxylation sites is 1. The van der Waals surface area contributed by atoms with Gasteiger partial charge in [-0.1, -0.05) is 18.2 Å². The molecule has 2 heterocycles. The van der Waals surface area contributed by atoms with Gasteiger partial charge in [0.05, 0.1) is 17.9 Å². The molecule has 180 valence electrons. The summed E-state index contributed by atoms with van der Waals surface area (Å²) < 4.78 is 8.79. The Morgan fingerprint density at radius 2 is 1.39 bits per heavy atom. The van der Waals surface area contributed by atoms with Crippen molar-refractivity contribution in [3.63, 3.8) is 0 Å². The zero-order valence-electron chi connectivity index (χ0n) is 19.0. The molecule has 0 saturated carbocycles. The minimum Gasteiger partial charge on any atom is -0.457 e. The molecule has 1 aliphatic rings. The second kappa shape index (κ2) is 9.63. The first kappa shape index (κ1) is 22.7. The maximum absolute atomic E-state index is 13.0. The first-order valence-corrected chi connectivity index (χ1v) is 11.1. The van der Waals surface area contributed by atoms with Gasteiger partial charge in [-0.2, -0.15) is 0 Å². The lowest BCUT2D eigenvalue weighted by atomic mass is 10.2. The number of rotatable bonds is 7. The Morgan fingerprint density at radius 1 is 0.806 bits per heavy atom. The van der Waals surface area contributed by atoms with Crippen molar-refractivity contribution >= 4 is 23.5 Å². The average molecular weight is 483 g/mol. The number of nitrogens with one attached hydrogen (secondary N) is 2. The molecule has 2 N–H and O–H groups in total. The molecule has 4 aromatic rings.